The molecular weight excluding hydrogens is 414 g/mol. The first-order valence-electron chi connectivity index (χ1n) is 10.8. The molecule has 0 spiro atoms. The van der Waals surface area contributed by atoms with Crippen molar-refractivity contribution in [2.75, 3.05) is 6.54 Å². The van der Waals surface area contributed by atoms with Crippen molar-refractivity contribution in [2.45, 2.75) is 19.9 Å². The number of pyridine rings is 1. The molecule has 0 saturated carbocycles. The highest BCUT2D eigenvalue weighted by Gasteiger charge is 2.19. The fourth-order valence-corrected chi connectivity index (χ4v) is 3.43. The van der Waals surface area contributed by atoms with Crippen molar-refractivity contribution in [3.8, 4) is 16.9 Å². The molecule has 166 valence electrons. The van der Waals surface area contributed by atoms with Crippen LogP contribution in [0.15, 0.2) is 85.3 Å². The van der Waals surface area contributed by atoms with E-state index in [4.69, 9.17) is 5.10 Å². The van der Waals surface area contributed by atoms with Crippen LogP contribution in [0.5, 0.6) is 0 Å². The molecule has 0 atom stereocenters. The number of carbonyl (C=O) groups is 2. The lowest BCUT2D eigenvalue weighted by atomic mass is 10.1. The van der Waals surface area contributed by atoms with Crippen LogP contribution in [-0.4, -0.2) is 33.1 Å². The fourth-order valence-electron chi connectivity index (χ4n) is 3.43. The van der Waals surface area contributed by atoms with Gasteiger partial charge in [0.1, 0.15) is 5.69 Å². The van der Waals surface area contributed by atoms with E-state index in [0.717, 1.165) is 22.4 Å². The van der Waals surface area contributed by atoms with Crippen molar-refractivity contribution < 1.29 is 9.59 Å². The number of amides is 2. The predicted molar refractivity (Wildman–Crippen MR) is 127 cm³/mol. The Morgan fingerprint density at radius 1 is 0.939 bits per heavy atom. The van der Waals surface area contributed by atoms with Crippen molar-refractivity contribution in [2.24, 2.45) is 0 Å². The van der Waals surface area contributed by atoms with E-state index in [2.05, 4.69) is 15.6 Å². The van der Waals surface area contributed by atoms with Gasteiger partial charge in [0, 0.05) is 43.7 Å². The number of nitrogens with zero attached hydrogens (tertiary/aromatic N) is 3. The smallest absolute Gasteiger partial charge is 0.255 e. The summed E-state index contributed by atoms with van der Waals surface area (Å²) in [5.41, 5.74) is 4.84. The van der Waals surface area contributed by atoms with Gasteiger partial charge in [-0.2, -0.15) is 5.10 Å². The summed E-state index contributed by atoms with van der Waals surface area (Å²) < 4.78 is 1.70. The van der Waals surface area contributed by atoms with Crippen LogP contribution in [0.4, 0.5) is 0 Å². The lowest BCUT2D eigenvalue weighted by Crippen LogP contribution is -2.30. The number of aromatic nitrogens is 3. The largest absolute Gasteiger partial charge is 0.352 e. The summed E-state index contributed by atoms with van der Waals surface area (Å²) in [7, 11) is 0. The van der Waals surface area contributed by atoms with Gasteiger partial charge in [0.25, 0.3) is 5.91 Å². The molecule has 2 N–H and O–H groups in total. The Morgan fingerprint density at radius 3 is 2.48 bits per heavy atom. The van der Waals surface area contributed by atoms with Gasteiger partial charge >= 0.3 is 0 Å². The van der Waals surface area contributed by atoms with Gasteiger partial charge in [0.05, 0.1) is 11.3 Å². The quantitative estimate of drug-likeness (QED) is 0.438. The van der Waals surface area contributed by atoms with Gasteiger partial charge < -0.3 is 10.6 Å². The number of hydrogen-bond donors (Lipinski definition) is 2. The van der Waals surface area contributed by atoms with Crippen LogP contribution < -0.4 is 10.6 Å². The second-order valence-electron chi connectivity index (χ2n) is 7.68. The summed E-state index contributed by atoms with van der Waals surface area (Å²) >= 11 is 0. The third kappa shape index (κ3) is 5.71. The van der Waals surface area contributed by atoms with Gasteiger partial charge in [-0.1, -0.05) is 42.0 Å². The van der Waals surface area contributed by atoms with Crippen molar-refractivity contribution in [3.63, 3.8) is 0 Å². The average molecular weight is 440 g/mol. The first-order chi connectivity index (χ1) is 16.1. The molecule has 0 aliphatic carbocycles. The zero-order valence-electron chi connectivity index (χ0n) is 18.4. The van der Waals surface area contributed by atoms with Crippen molar-refractivity contribution in [1.82, 2.24) is 25.4 Å². The average Bonchev–Trinajstić information content (AvgIpc) is 3.30. The molecule has 0 unspecified atom stereocenters. The van der Waals surface area contributed by atoms with Gasteiger partial charge in [-0.3, -0.25) is 14.6 Å². The number of rotatable bonds is 8. The minimum absolute atomic E-state index is 0.133. The maximum Gasteiger partial charge on any atom is 0.255 e. The Morgan fingerprint density at radius 2 is 1.73 bits per heavy atom. The topological polar surface area (TPSA) is 88.9 Å². The van der Waals surface area contributed by atoms with E-state index in [-0.39, 0.29) is 24.8 Å². The standard InChI is InChI=1S/C26H25N5O2/c1-19-6-5-7-21(16-19)25-23(18-31(30-25)22-8-3-2-4-9-22)26(33)28-15-12-24(32)29-17-20-10-13-27-14-11-20/h2-11,13-14,16,18H,12,15,17H2,1H3,(H,28,33)(H,29,32). The number of nitrogens with one attached hydrogen (secondary N) is 2. The Hall–Kier alpha value is -4.26. The Balaban J connectivity index is 1.44. The zero-order chi connectivity index (χ0) is 23.0. The van der Waals surface area contributed by atoms with E-state index < -0.39 is 0 Å². The van der Waals surface area contributed by atoms with Crippen molar-refractivity contribution in [1.29, 1.82) is 0 Å². The van der Waals surface area contributed by atoms with E-state index in [0.29, 0.717) is 17.8 Å². The number of para-hydroxylation sites is 1. The number of aryl methyl sites for hydroxylation is 1. The summed E-state index contributed by atoms with van der Waals surface area (Å²) in [6, 6.07) is 21.2. The summed E-state index contributed by atoms with van der Waals surface area (Å²) in [5.74, 6) is -0.401. The van der Waals surface area contributed by atoms with Crippen LogP contribution >= 0.6 is 0 Å². The molecule has 2 aromatic heterocycles. The highest BCUT2D eigenvalue weighted by atomic mass is 16.2. The molecule has 0 bridgehead atoms. The van der Waals surface area contributed by atoms with E-state index in [1.807, 2.05) is 73.7 Å². The molecule has 7 nitrogen and oxygen atoms in total. The van der Waals surface area contributed by atoms with Gasteiger partial charge in [0.2, 0.25) is 5.91 Å². The SMILES string of the molecule is Cc1cccc(-c2nn(-c3ccccc3)cc2C(=O)NCCC(=O)NCc2ccncc2)c1. The van der Waals surface area contributed by atoms with E-state index in [9.17, 15) is 9.59 Å². The third-order valence-electron chi connectivity index (χ3n) is 5.15. The molecule has 0 aliphatic heterocycles. The summed E-state index contributed by atoms with van der Waals surface area (Å²) in [4.78, 5) is 29.1. The molecule has 2 amide bonds. The molecule has 7 heteroatoms. The molecule has 0 aliphatic rings. The van der Waals surface area contributed by atoms with Gasteiger partial charge in [-0.05, 0) is 42.8 Å². The first-order valence-corrected chi connectivity index (χ1v) is 10.8. The highest BCUT2D eigenvalue weighted by molar-refractivity contribution is 6.00. The highest BCUT2D eigenvalue weighted by Crippen LogP contribution is 2.24. The lowest BCUT2D eigenvalue weighted by Gasteiger charge is -2.07. The van der Waals surface area contributed by atoms with E-state index >= 15 is 0 Å². The molecule has 0 fully saturated rings. The first kappa shape index (κ1) is 22.0. The maximum atomic E-state index is 13.0. The molecule has 2 aromatic carbocycles. The van der Waals surface area contributed by atoms with Crippen LogP contribution in [0.3, 0.4) is 0 Å². The summed E-state index contributed by atoms with van der Waals surface area (Å²) in [6.45, 7) is 2.66. The van der Waals surface area contributed by atoms with E-state index in [1.54, 1.807) is 23.3 Å². The molecule has 2 heterocycles. The predicted octanol–water partition coefficient (Wildman–Crippen LogP) is 3.68. The van der Waals surface area contributed by atoms with Gasteiger partial charge in [0.15, 0.2) is 0 Å². The van der Waals surface area contributed by atoms with Crippen LogP contribution in [0.1, 0.15) is 27.9 Å². The number of benzene rings is 2. The maximum absolute atomic E-state index is 13.0. The third-order valence-corrected chi connectivity index (χ3v) is 5.15. The van der Waals surface area contributed by atoms with Crippen molar-refractivity contribution >= 4 is 11.8 Å². The number of carbonyl (C=O) groups excluding carboxylic acids is 2. The second kappa shape index (κ2) is 10.4. The molecule has 4 aromatic rings. The molecule has 0 radical (unpaired) electrons. The van der Waals surface area contributed by atoms with Gasteiger partial charge in [-0.25, -0.2) is 4.68 Å². The van der Waals surface area contributed by atoms with Crippen LogP contribution in [0.25, 0.3) is 16.9 Å². The second-order valence-corrected chi connectivity index (χ2v) is 7.68. The van der Waals surface area contributed by atoms with Crippen molar-refractivity contribution in [3.05, 3.63) is 102 Å². The zero-order valence-corrected chi connectivity index (χ0v) is 18.4. The molecule has 0 saturated heterocycles. The fraction of sp³-hybridized carbons (Fsp3) is 0.154. The van der Waals surface area contributed by atoms with Crippen LogP contribution in [0.2, 0.25) is 0 Å². The minimum atomic E-state index is -0.268. The molecule has 4 rings (SSSR count). The molecule has 33 heavy (non-hydrogen) atoms. The Bertz CT molecular complexity index is 1240. The lowest BCUT2D eigenvalue weighted by molar-refractivity contribution is -0.121. The Kier molecular flexibility index (Phi) is 6.90. The molecular formula is C26H25N5O2. The van der Waals surface area contributed by atoms with Crippen LogP contribution in [0, 0.1) is 6.92 Å². The minimum Gasteiger partial charge on any atom is -0.352 e. The monoisotopic (exact) mass is 439 g/mol. The van der Waals surface area contributed by atoms with Gasteiger partial charge in [-0.15, -0.1) is 0 Å². The van der Waals surface area contributed by atoms with Crippen LogP contribution in [-0.2, 0) is 11.3 Å². The normalized spacial score (nSPS) is 10.6. The summed E-state index contributed by atoms with van der Waals surface area (Å²) in [6.07, 6.45) is 5.28. The van der Waals surface area contributed by atoms with E-state index in [1.165, 1.54) is 0 Å². The summed E-state index contributed by atoms with van der Waals surface area (Å²) in [5, 5.41) is 10.4. The number of hydrogen-bond acceptors (Lipinski definition) is 4. The Labute approximate surface area is 192 Å².